The number of benzene rings is 1. The van der Waals surface area contributed by atoms with Gasteiger partial charge in [-0.3, -0.25) is 8.98 Å². The van der Waals surface area contributed by atoms with Gasteiger partial charge in [0.1, 0.15) is 5.75 Å². The van der Waals surface area contributed by atoms with Crippen LogP contribution < -0.4 is 10.3 Å². The van der Waals surface area contributed by atoms with Gasteiger partial charge in [0.25, 0.3) is 15.7 Å². The molecule has 2 aliphatic rings. The van der Waals surface area contributed by atoms with Crippen LogP contribution in [0.4, 0.5) is 0 Å². The van der Waals surface area contributed by atoms with Gasteiger partial charge in [0, 0.05) is 24.1 Å². The molecule has 1 aromatic heterocycles. The molecule has 26 heavy (non-hydrogen) atoms. The number of ether oxygens (including phenoxy) is 1. The third-order valence-corrected chi connectivity index (χ3v) is 5.14. The van der Waals surface area contributed by atoms with Crippen molar-refractivity contribution >= 4 is 10.1 Å². The van der Waals surface area contributed by atoms with Crippen LogP contribution in [0.15, 0.2) is 29.1 Å². The Morgan fingerprint density at radius 3 is 2.85 bits per heavy atom. The molecule has 0 N–H and O–H groups in total. The minimum absolute atomic E-state index is 0.286. The Bertz CT molecular complexity index is 1010. The number of fused-ring (bicyclic) bond motifs is 1. The summed E-state index contributed by atoms with van der Waals surface area (Å²) in [6, 6.07) is 7.44. The van der Waals surface area contributed by atoms with Crippen LogP contribution in [0, 0.1) is 5.92 Å². The second-order valence-electron chi connectivity index (χ2n) is 6.87. The highest BCUT2D eigenvalue weighted by atomic mass is 32.2. The highest BCUT2D eigenvalue weighted by Crippen LogP contribution is 2.31. The highest BCUT2D eigenvalue weighted by molar-refractivity contribution is 7.85. The van der Waals surface area contributed by atoms with E-state index < -0.39 is 10.1 Å². The Kier molecular flexibility index (Phi) is 4.32. The molecular formula is C18H20N2O5S. The lowest BCUT2D eigenvalue weighted by Gasteiger charge is -2.11. The third-order valence-electron chi connectivity index (χ3n) is 4.59. The number of rotatable bonds is 6. The van der Waals surface area contributed by atoms with Crippen LogP contribution in [0.5, 0.6) is 5.75 Å². The summed E-state index contributed by atoms with van der Waals surface area (Å²) in [4.78, 5) is 12.6. The molecule has 0 radical (unpaired) electrons. The SMILES string of the molecule is CS(=O)(=O)OCc1cc(-c2ccc3c(c2)CCO3)nn(CC2CC2)c1=O. The molecule has 4 rings (SSSR count). The van der Waals surface area contributed by atoms with E-state index in [0.717, 1.165) is 42.4 Å². The Morgan fingerprint density at radius 1 is 1.31 bits per heavy atom. The van der Waals surface area contributed by atoms with Crippen LogP contribution in [-0.2, 0) is 33.9 Å². The van der Waals surface area contributed by atoms with E-state index in [1.165, 1.54) is 4.68 Å². The summed E-state index contributed by atoms with van der Waals surface area (Å²) in [6.07, 6.45) is 3.99. The fraction of sp³-hybridized carbons (Fsp3) is 0.444. The van der Waals surface area contributed by atoms with Crippen LogP contribution in [0.25, 0.3) is 11.3 Å². The van der Waals surface area contributed by atoms with Crippen LogP contribution in [0.3, 0.4) is 0 Å². The Hall–Kier alpha value is -2.19. The van der Waals surface area contributed by atoms with Crippen molar-refractivity contribution in [2.75, 3.05) is 12.9 Å². The summed E-state index contributed by atoms with van der Waals surface area (Å²) in [6.45, 7) is 0.930. The summed E-state index contributed by atoms with van der Waals surface area (Å²) in [7, 11) is -3.63. The molecule has 2 aromatic rings. The van der Waals surface area contributed by atoms with Gasteiger partial charge in [-0.2, -0.15) is 13.5 Å². The third kappa shape index (κ3) is 3.81. The lowest BCUT2D eigenvalue weighted by molar-refractivity contribution is 0.308. The summed E-state index contributed by atoms with van der Waals surface area (Å²) in [5.74, 6) is 1.34. The fourth-order valence-electron chi connectivity index (χ4n) is 3.03. The monoisotopic (exact) mass is 376 g/mol. The van der Waals surface area contributed by atoms with E-state index in [0.29, 0.717) is 24.8 Å². The summed E-state index contributed by atoms with van der Waals surface area (Å²) < 4.78 is 34.4. The fourth-order valence-corrected chi connectivity index (χ4v) is 3.37. The predicted molar refractivity (Wildman–Crippen MR) is 95.5 cm³/mol. The van der Waals surface area contributed by atoms with E-state index in [1.807, 2.05) is 18.2 Å². The van der Waals surface area contributed by atoms with Crippen molar-refractivity contribution in [2.45, 2.75) is 32.4 Å². The molecule has 138 valence electrons. The van der Waals surface area contributed by atoms with Gasteiger partial charge in [0.15, 0.2) is 0 Å². The molecule has 0 amide bonds. The molecule has 1 aromatic carbocycles. The first kappa shape index (κ1) is 17.2. The quantitative estimate of drug-likeness (QED) is 0.714. The number of hydrogen-bond donors (Lipinski definition) is 0. The summed E-state index contributed by atoms with van der Waals surface area (Å²) in [5.41, 5.74) is 2.61. The van der Waals surface area contributed by atoms with Crippen LogP contribution >= 0.6 is 0 Å². The van der Waals surface area contributed by atoms with Gasteiger partial charge in [-0.05, 0) is 48.6 Å². The Morgan fingerprint density at radius 2 is 2.12 bits per heavy atom. The number of aromatic nitrogens is 2. The molecule has 7 nitrogen and oxygen atoms in total. The van der Waals surface area contributed by atoms with Crippen LogP contribution in [0.2, 0.25) is 0 Å². The van der Waals surface area contributed by atoms with E-state index in [2.05, 4.69) is 5.10 Å². The molecular weight excluding hydrogens is 356 g/mol. The maximum atomic E-state index is 12.6. The molecule has 8 heteroatoms. The van der Waals surface area contributed by atoms with Gasteiger partial charge in [0.05, 0.1) is 25.2 Å². The first-order chi connectivity index (χ1) is 12.4. The molecule has 1 saturated carbocycles. The van der Waals surface area contributed by atoms with Crippen LogP contribution in [-0.4, -0.2) is 31.1 Å². The zero-order chi connectivity index (χ0) is 18.3. The van der Waals surface area contributed by atoms with E-state index >= 15 is 0 Å². The zero-order valence-electron chi connectivity index (χ0n) is 14.5. The van der Waals surface area contributed by atoms with Crippen molar-refractivity contribution in [1.82, 2.24) is 9.78 Å². The van der Waals surface area contributed by atoms with Gasteiger partial charge in [-0.1, -0.05) is 0 Å². The average molecular weight is 376 g/mol. The van der Waals surface area contributed by atoms with Gasteiger partial charge < -0.3 is 4.74 Å². The zero-order valence-corrected chi connectivity index (χ0v) is 15.3. The van der Waals surface area contributed by atoms with E-state index in [9.17, 15) is 13.2 Å². The predicted octanol–water partition coefficient (Wildman–Crippen LogP) is 1.73. The first-order valence-electron chi connectivity index (χ1n) is 8.60. The van der Waals surface area contributed by atoms with Crippen molar-refractivity contribution in [2.24, 2.45) is 5.92 Å². The maximum Gasteiger partial charge on any atom is 0.272 e. The molecule has 0 bridgehead atoms. The molecule has 1 aliphatic carbocycles. The lowest BCUT2D eigenvalue weighted by Crippen LogP contribution is -2.28. The van der Waals surface area contributed by atoms with Gasteiger partial charge in [-0.15, -0.1) is 0 Å². The van der Waals surface area contributed by atoms with Crippen molar-refractivity contribution < 1.29 is 17.3 Å². The second kappa shape index (κ2) is 6.51. The summed E-state index contributed by atoms with van der Waals surface area (Å²) in [5, 5.41) is 4.51. The largest absolute Gasteiger partial charge is 0.493 e. The number of nitrogens with zero attached hydrogens (tertiary/aromatic N) is 2. The maximum absolute atomic E-state index is 12.6. The standard InChI is InChI=1S/C18H20N2O5S/c1-26(22,23)25-11-15-9-16(19-20(18(15)21)10-12-2-3-12)13-4-5-17-14(8-13)6-7-24-17/h4-5,8-9,12H,2-3,6-7,10-11H2,1H3. The van der Waals surface area contributed by atoms with Crippen molar-refractivity contribution in [3.05, 3.63) is 45.7 Å². The topological polar surface area (TPSA) is 87.5 Å². The van der Waals surface area contributed by atoms with Crippen molar-refractivity contribution in [1.29, 1.82) is 0 Å². The summed E-state index contributed by atoms with van der Waals surface area (Å²) >= 11 is 0. The Balaban J connectivity index is 1.74. The lowest BCUT2D eigenvalue weighted by atomic mass is 10.1. The normalized spacial score (nSPS) is 16.3. The average Bonchev–Trinajstić information content (AvgIpc) is 3.28. The van der Waals surface area contributed by atoms with Crippen molar-refractivity contribution in [3.63, 3.8) is 0 Å². The van der Waals surface area contributed by atoms with E-state index in [-0.39, 0.29) is 17.7 Å². The highest BCUT2D eigenvalue weighted by Gasteiger charge is 2.24. The molecule has 0 spiro atoms. The second-order valence-corrected chi connectivity index (χ2v) is 8.52. The number of hydrogen-bond acceptors (Lipinski definition) is 6. The van der Waals surface area contributed by atoms with E-state index in [1.54, 1.807) is 6.07 Å². The molecule has 0 atom stereocenters. The molecule has 2 heterocycles. The first-order valence-corrected chi connectivity index (χ1v) is 10.4. The van der Waals surface area contributed by atoms with Gasteiger partial charge in [0.2, 0.25) is 0 Å². The molecule has 1 fully saturated rings. The molecule has 0 saturated heterocycles. The van der Waals surface area contributed by atoms with Gasteiger partial charge in [-0.25, -0.2) is 4.68 Å². The minimum atomic E-state index is -3.63. The molecule has 0 unspecified atom stereocenters. The van der Waals surface area contributed by atoms with Gasteiger partial charge >= 0.3 is 0 Å². The van der Waals surface area contributed by atoms with E-state index in [4.69, 9.17) is 8.92 Å². The smallest absolute Gasteiger partial charge is 0.272 e. The Labute approximate surface area is 151 Å². The molecule has 1 aliphatic heterocycles. The minimum Gasteiger partial charge on any atom is -0.493 e. The van der Waals surface area contributed by atoms with Crippen LogP contribution in [0.1, 0.15) is 24.0 Å². The van der Waals surface area contributed by atoms with Crippen molar-refractivity contribution in [3.8, 4) is 17.0 Å².